The number of para-hydroxylation sites is 1. The minimum absolute atomic E-state index is 0.140. The molecule has 2 saturated carbocycles. The first-order valence-electron chi connectivity index (χ1n) is 10.4. The van der Waals surface area contributed by atoms with Gasteiger partial charge in [-0.2, -0.15) is 18.2 Å². The minimum Gasteiger partial charge on any atom is -0.438 e. The van der Waals surface area contributed by atoms with E-state index >= 15 is 0 Å². The van der Waals surface area contributed by atoms with Gasteiger partial charge in [-0.05, 0) is 49.8 Å². The summed E-state index contributed by atoms with van der Waals surface area (Å²) in [6.07, 6.45) is 4.59. The van der Waals surface area contributed by atoms with E-state index in [1.165, 1.54) is 0 Å². The Morgan fingerprint density at radius 2 is 1.88 bits per heavy atom. The summed E-state index contributed by atoms with van der Waals surface area (Å²) in [7, 11) is -4.07. The summed E-state index contributed by atoms with van der Waals surface area (Å²) in [5.74, 6) is -5.89. The van der Waals surface area contributed by atoms with Gasteiger partial charge >= 0.3 is 5.92 Å². The number of aromatic nitrogens is 2. The summed E-state index contributed by atoms with van der Waals surface area (Å²) >= 11 is 0. The standard InChI is InChI=1S/C22H22F3N3O4S/c1-33(30,31)18(23)11-17(13-7-8-13)27-19(29)16-12-26-21(22(24,25)14-9-10-14)28-20(16)32-15-5-3-2-4-6-15/h2-6,11-14,17H,7-10H2,1H3,(H,27,29)/b18-11+. The summed E-state index contributed by atoms with van der Waals surface area (Å²) < 4.78 is 71.7. The van der Waals surface area contributed by atoms with Crippen LogP contribution in [0.1, 0.15) is 41.9 Å². The predicted molar refractivity (Wildman–Crippen MR) is 113 cm³/mol. The van der Waals surface area contributed by atoms with Crippen LogP contribution in [0.2, 0.25) is 0 Å². The number of alkyl halides is 2. The van der Waals surface area contributed by atoms with Gasteiger partial charge in [0.1, 0.15) is 11.3 Å². The van der Waals surface area contributed by atoms with Gasteiger partial charge in [0.15, 0.2) is 0 Å². The fourth-order valence-electron chi connectivity index (χ4n) is 3.23. The van der Waals surface area contributed by atoms with Crippen LogP contribution in [-0.4, -0.2) is 36.6 Å². The average Bonchev–Trinajstić information content (AvgIpc) is 3.65. The fourth-order valence-corrected chi connectivity index (χ4v) is 3.63. The molecule has 1 amide bonds. The number of rotatable bonds is 9. The fraction of sp³-hybridized carbons (Fsp3) is 0.409. The van der Waals surface area contributed by atoms with Crippen LogP contribution in [0.3, 0.4) is 0 Å². The summed E-state index contributed by atoms with van der Waals surface area (Å²) in [6, 6.07) is 7.30. The van der Waals surface area contributed by atoms with E-state index in [0.29, 0.717) is 25.7 Å². The Labute approximate surface area is 189 Å². The van der Waals surface area contributed by atoms with Crippen LogP contribution in [0.25, 0.3) is 0 Å². The number of halogens is 3. The van der Waals surface area contributed by atoms with E-state index in [4.69, 9.17) is 4.74 Å². The molecule has 0 aliphatic heterocycles. The molecule has 0 bridgehead atoms. The highest BCUT2D eigenvalue weighted by atomic mass is 32.2. The number of amides is 1. The Morgan fingerprint density at radius 1 is 1.21 bits per heavy atom. The van der Waals surface area contributed by atoms with Gasteiger partial charge < -0.3 is 10.1 Å². The van der Waals surface area contributed by atoms with Crippen LogP contribution in [0.15, 0.2) is 47.8 Å². The van der Waals surface area contributed by atoms with Gasteiger partial charge in [0, 0.05) is 18.4 Å². The number of hydrogen-bond acceptors (Lipinski definition) is 6. The van der Waals surface area contributed by atoms with E-state index in [1.807, 2.05) is 0 Å². The first kappa shape index (κ1) is 23.2. The molecule has 7 nitrogen and oxygen atoms in total. The zero-order valence-corrected chi connectivity index (χ0v) is 18.5. The van der Waals surface area contributed by atoms with E-state index in [2.05, 4.69) is 15.3 Å². The molecular weight excluding hydrogens is 459 g/mol. The number of carbonyl (C=O) groups is 1. The molecule has 2 aliphatic rings. The van der Waals surface area contributed by atoms with Crippen molar-refractivity contribution in [2.24, 2.45) is 11.8 Å². The van der Waals surface area contributed by atoms with Crippen LogP contribution < -0.4 is 10.1 Å². The van der Waals surface area contributed by atoms with E-state index < -0.39 is 44.6 Å². The third-order valence-corrected chi connectivity index (χ3v) is 6.28. The highest BCUT2D eigenvalue weighted by molar-refractivity contribution is 7.94. The topological polar surface area (TPSA) is 98.2 Å². The van der Waals surface area contributed by atoms with Crippen LogP contribution in [0, 0.1) is 11.8 Å². The molecule has 1 atom stereocenters. The average molecular weight is 481 g/mol. The lowest BCUT2D eigenvalue weighted by molar-refractivity contribution is -0.0379. The van der Waals surface area contributed by atoms with Crippen LogP contribution >= 0.6 is 0 Å². The monoisotopic (exact) mass is 481 g/mol. The lowest BCUT2D eigenvalue weighted by Crippen LogP contribution is -2.36. The predicted octanol–water partition coefficient (Wildman–Crippen LogP) is 4.13. The third kappa shape index (κ3) is 5.52. The lowest BCUT2D eigenvalue weighted by atomic mass is 10.1. The normalized spacial score (nSPS) is 18.0. The van der Waals surface area contributed by atoms with Gasteiger partial charge in [0.25, 0.3) is 5.91 Å². The van der Waals surface area contributed by atoms with E-state index in [1.54, 1.807) is 30.3 Å². The van der Waals surface area contributed by atoms with Crippen molar-refractivity contribution in [2.45, 2.75) is 37.6 Å². The molecule has 4 rings (SSSR count). The molecule has 11 heteroatoms. The SMILES string of the molecule is CS(=O)(=O)/C(F)=C/C(NC(=O)c1cnc(C(F)(F)C2CC2)nc1Oc1ccccc1)C1CC1. The first-order valence-corrected chi connectivity index (χ1v) is 12.3. The number of benzene rings is 1. The van der Waals surface area contributed by atoms with E-state index in [9.17, 15) is 26.4 Å². The highest BCUT2D eigenvalue weighted by Gasteiger charge is 2.50. The summed E-state index contributed by atoms with van der Waals surface area (Å²) in [4.78, 5) is 20.6. The first-order chi connectivity index (χ1) is 15.6. The number of carbonyl (C=O) groups excluding carboxylic acids is 1. The Kier molecular flexibility index (Phi) is 6.17. The molecule has 1 unspecified atom stereocenters. The van der Waals surface area contributed by atoms with Crippen molar-refractivity contribution in [1.29, 1.82) is 0 Å². The molecule has 0 spiro atoms. The third-order valence-electron chi connectivity index (χ3n) is 5.44. The second-order valence-corrected chi connectivity index (χ2v) is 10.2. The van der Waals surface area contributed by atoms with Crippen LogP contribution in [0.5, 0.6) is 11.6 Å². The van der Waals surface area contributed by atoms with Crippen molar-refractivity contribution in [2.75, 3.05) is 6.26 Å². The van der Waals surface area contributed by atoms with Gasteiger partial charge in [-0.1, -0.05) is 18.2 Å². The number of ether oxygens (including phenoxy) is 1. The van der Waals surface area contributed by atoms with Gasteiger partial charge in [-0.25, -0.2) is 13.4 Å². The quantitative estimate of drug-likeness (QED) is 0.578. The number of hydrogen-bond donors (Lipinski definition) is 1. The number of nitrogens with zero attached hydrogens (tertiary/aromatic N) is 2. The van der Waals surface area contributed by atoms with Crippen molar-refractivity contribution in [3.8, 4) is 11.6 Å². The molecule has 2 fully saturated rings. The Bertz CT molecular complexity index is 1180. The highest BCUT2D eigenvalue weighted by Crippen LogP contribution is 2.49. The molecule has 176 valence electrons. The molecular formula is C22H22F3N3O4S. The zero-order chi connectivity index (χ0) is 23.8. The van der Waals surface area contributed by atoms with E-state index in [-0.39, 0.29) is 23.1 Å². The lowest BCUT2D eigenvalue weighted by Gasteiger charge is -2.18. The summed E-state index contributed by atoms with van der Waals surface area (Å²) in [6.45, 7) is 0. The Balaban J connectivity index is 1.65. The Morgan fingerprint density at radius 3 is 2.45 bits per heavy atom. The van der Waals surface area contributed by atoms with Gasteiger partial charge in [-0.15, -0.1) is 0 Å². The van der Waals surface area contributed by atoms with Gasteiger partial charge in [-0.3, -0.25) is 4.79 Å². The van der Waals surface area contributed by atoms with Crippen molar-refractivity contribution in [1.82, 2.24) is 15.3 Å². The van der Waals surface area contributed by atoms with Crippen molar-refractivity contribution < 1.29 is 31.1 Å². The maximum absolute atomic E-state index is 14.6. The van der Waals surface area contributed by atoms with Crippen molar-refractivity contribution >= 4 is 15.7 Å². The molecule has 33 heavy (non-hydrogen) atoms. The molecule has 2 aromatic rings. The summed E-state index contributed by atoms with van der Waals surface area (Å²) in [5, 5.41) is 1.20. The minimum atomic E-state index is -4.07. The number of nitrogens with one attached hydrogen (secondary N) is 1. The van der Waals surface area contributed by atoms with E-state index in [0.717, 1.165) is 18.5 Å². The zero-order valence-electron chi connectivity index (χ0n) is 17.7. The van der Waals surface area contributed by atoms with Crippen molar-refractivity contribution in [3.05, 3.63) is 59.2 Å². The van der Waals surface area contributed by atoms with Gasteiger partial charge in [0.05, 0.1) is 6.04 Å². The molecule has 1 N–H and O–H groups in total. The molecule has 1 aromatic heterocycles. The molecule has 2 aliphatic carbocycles. The largest absolute Gasteiger partial charge is 0.438 e. The van der Waals surface area contributed by atoms with Crippen LogP contribution in [0.4, 0.5) is 13.2 Å². The van der Waals surface area contributed by atoms with Gasteiger partial charge in [0.2, 0.25) is 26.7 Å². The second kappa shape index (κ2) is 8.77. The summed E-state index contributed by atoms with van der Waals surface area (Å²) in [5.41, 5.74) is -0.229. The molecule has 1 heterocycles. The molecule has 0 radical (unpaired) electrons. The molecule has 0 saturated heterocycles. The second-order valence-electron chi connectivity index (χ2n) is 8.30. The molecule has 1 aromatic carbocycles. The maximum atomic E-state index is 14.6. The maximum Gasteiger partial charge on any atom is 0.309 e. The smallest absolute Gasteiger partial charge is 0.309 e. The van der Waals surface area contributed by atoms with Crippen LogP contribution in [-0.2, 0) is 15.8 Å². The number of sulfone groups is 1. The Hall–Kier alpha value is -2.95. The van der Waals surface area contributed by atoms with Crippen molar-refractivity contribution in [3.63, 3.8) is 0 Å².